The molecular formula is C6H12N4O. The van der Waals surface area contributed by atoms with E-state index in [1.165, 1.54) is 0 Å². The predicted molar refractivity (Wildman–Crippen MR) is 40.0 cm³/mol. The Morgan fingerprint density at radius 1 is 1.55 bits per heavy atom. The van der Waals surface area contributed by atoms with Crippen LogP contribution >= 0.6 is 0 Å². The lowest BCUT2D eigenvalue weighted by Crippen LogP contribution is -2.27. The number of likely N-dealkylation sites (N-methyl/N-ethyl adjacent to an activating group) is 1. The summed E-state index contributed by atoms with van der Waals surface area (Å²) >= 11 is 0. The lowest BCUT2D eigenvalue weighted by molar-refractivity contribution is 0.154. The van der Waals surface area contributed by atoms with Gasteiger partial charge in [0.1, 0.15) is 12.7 Å². The van der Waals surface area contributed by atoms with Crippen molar-refractivity contribution in [1.29, 1.82) is 0 Å². The average molecular weight is 156 g/mol. The lowest BCUT2D eigenvalue weighted by atomic mass is 10.3. The second-order valence-corrected chi connectivity index (χ2v) is 2.37. The fourth-order valence-electron chi connectivity index (χ4n) is 0.860. The topological polar surface area (TPSA) is 63.0 Å². The molecule has 11 heavy (non-hydrogen) atoms. The van der Waals surface area contributed by atoms with Crippen molar-refractivity contribution in [1.82, 2.24) is 20.1 Å². The predicted octanol–water partition coefficient (Wildman–Crippen LogP) is -1.14. The Balaban J connectivity index is 2.31. The maximum atomic E-state index is 9.28. The van der Waals surface area contributed by atoms with Crippen LogP contribution in [0.5, 0.6) is 0 Å². The zero-order valence-corrected chi connectivity index (χ0v) is 6.44. The summed E-state index contributed by atoms with van der Waals surface area (Å²) in [7, 11) is 1.80. The molecule has 2 N–H and O–H groups in total. The molecule has 1 aromatic rings. The molecule has 0 bridgehead atoms. The van der Waals surface area contributed by atoms with Crippen molar-refractivity contribution >= 4 is 0 Å². The molecule has 0 aliphatic rings. The third kappa shape index (κ3) is 2.65. The highest BCUT2D eigenvalue weighted by Gasteiger charge is 2.02. The Kier molecular flexibility index (Phi) is 3.00. The third-order valence-electron chi connectivity index (χ3n) is 1.33. The molecular weight excluding hydrogens is 144 g/mol. The van der Waals surface area contributed by atoms with E-state index in [2.05, 4.69) is 15.5 Å². The Bertz CT molecular complexity index is 186. The minimum absolute atomic E-state index is 0.379. The molecule has 0 saturated heterocycles. The SMILES string of the molecule is CNCC(O)Cn1cnnc1. The Morgan fingerprint density at radius 2 is 2.18 bits per heavy atom. The molecule has 5 nitrogen and oxygen atoms in total. The van der Waals surface area contributed by atoms with Crippen LogP contribution in [0, 0.1) is 0 Å². The van der Waals surface area contributed by atoms with Crippen molar-refractivity contribution in [3.05, 3.63) is 12.7 Å². The highest BCUT2D eigenvalue weighted by atomic mass is 16.3. The molecule has 62 valence electrons. The third-order valence-corrected chi connectivity index (χ3v) is 1.33. The van der Waals surface area contributed by atoms with Crippen LogP contribution in [0.2, 0.25) is 0 Å². The molecule has 0 amide bonds. The van der Waals surface area contributed by atoms with Gasteiger partial charge in [-0.2, -0.15) is 0 Å². The number of rotatable bonds is 4. The molecule has 0 aliphatic heterocycles. The molecule has 0 saturated carbocycles. The normalized spacial score (nSPS) is 13.3. The van der Waals surface area contributed by atoms with Gasteiger partial charge in [-0.1, -0.05) is 0 Å². The van der Waals surface area contributed by atoms with Gasteiger partial charge < -0.3 is 15.0 Å². The second kappa shape index (κ2) is 4.05. The van der Waals surface area contributed by atoms with Gasteiger partial charge in [0.05, 0.1) is 12.6 Å². The van der Waals surface area contributed by atoms with Crippen LogP contribution in [0.4, 0.5) is 0 Å². The zero-order chi connectivity index (χ0) is 8.10. The number of aromatic nitrogens is 3. The van der Waals surface area contributed by atoms with Crippen LogP contribution in [-0.4, -0.2) is 39.6 Å². The Hall–Kier alpha value is -0.940. The smallest absolute Gasteiger partial charge is 0.119 e. The summed E-state index contributed by atoms with van der Waals surface area (Å²) in [6.07, 6.45) is 2.79. The maximum absolute atomic E-state index is 9.28. The van der Waals surface area contributed by atoms with E-state index in [1.54, 1.807) is 24.3 Å². The number of nitrogens with zero attached hydrogens (tertiary/aromatic N) is 3. The molecule has 5 heteroatoms. The maximum Gasteiger partial charge on any atom is 0.119 e. The monoisotopic (exact) mass is 156 g/mol. The van der Waals surface area contributed by atoms with Gasteiger partial charge in [0.15, 0.2) is 0 Å². The number of aliphatic hydroxyl groups is 1. The standard InChI is InChI=1S/C6H12N4O/c1-7-2-6(11)3-10-4-8-9-5-10/h4-7,11H,2-3H2,1H3. The fraction of sp³-hybridized carbons (Fsp3) is 0.667. The van der Waals surface area contributed by atoms with E-state index >= 15 is 0 Å². The first-order chi connectivity index (χ1) is 5.33. The van der Waals surface area contributed by atoms with Gasteiger partial charge in [-0.3, -0.25) is 0 Å². The van der Waals surface area contributed by atoms with Crippen molar-refractivity contribution in [2.24, 2.45) is 0 Å². The molecule has 1 aromatic heterocycles. The first kappa shape index (κ1) is 8.16. The minimum Gasteiger partial charge on any atom is -0.390 e. The number of aliphatic hydroxyl groups excluding tert-OH is 1. The van der Waals surface area contributed by atoms with Crippen LogP contribution in [-0.2, 0) is 6.54 Å². The molecule has 1 atom stereocenters. The van der Waals surface area contributed by atoms with E-state index in [1.807, 2.05) is 0 Å². The Morgan fingerprint density at radius 3 is 2.73 bits per heavy atom. The number of nitrogens with one attached hydrogen (secondary N) is 1. The largest absolute Gasteiger partial charge is 0.390 e. The average Bonchev–Trinajstić information content (AvgIpc) is 2.40. The molecule has 1 unspecified atom stereocenters. The summed E-state index contributed by atoms with van der Waals surface area (Å²) in [4.78, 5) is 0. The summed E-state index contributed by atoms with van der Waals surface area (Å²) < 4.78 is 1.74. The molecule has 0 aliphatic carbocycles. The van der Waals surface area contributed by atoms with Gasteiger partial charge in [-0.25, -0.2) is 0 Å². The van der Waals surface area contributed by atoms with Crippen LogP contribution in [0.1, 0.15) is 0 Å². The lowest BCUT2D eigenvalue weighted by Gasteiger charge is -2.08. The number of hydrogen-bond donors (Lipinski definition) is 2. The van der Waals surface area contributed by atoms with Gasteiger partial charge in [0, 0.05) is 6.54 Å². The molecule has 0 spiro atoms. The van der Waals surface area contributed by atoms with Crippen molar-refractivity contribution in [2.75, 3.05) is 13.6 Å². The van der Waals surface area contributed by atoms with E-state index < -0.39 is 0 Å². The molecule has 0 aromatic carbocycles. The van der Waals surface area contributed by atoms with E-state index in [9.17, 15) is 5.11 Å². The van der Waals surface area contributed by atoms with E-state index in [0.29, 0.717) is 13.1 Å². The quantitative estimate of drug-likeness (QED) is 0.578. The van der Waals surface area contributed by atoms with Crippen LogP contribution in [0.25, 0.3) is 0 Å². The Labute approximate surface area is 65.1 Å². The molecule has 1 heterocycles. The molecule has 0 radical (unpaired) electrons. The van der Waals surface area contributed by atoms with Crippen molar-refractivity contribution in [3.8, 4) is 0 Å². The van der Waals surface area contributed by atoms with Gasteiger partial charge in [0.2, 0.25) is 0 Å². The van der Waals surface area contributed by atoms with Crippen molar-refractivity contribution in [3.63, 3.8) is 0 Å². The van der Waals surface area contributed by atoms with Crippen LogP contribution < -0.4 is 5.32 Å². The minimum atomic E-state index is -0.379. The van der Waals surface area contributed by atoms with Gasteiger partial charge >= 0.3 is 0 Å². The fourth-order valence-corrected chi connectivity index (χ4v) is 0.860. The van der Waals surface area contributed by atoms with E-state index in [-0.39, 0.29) is 6.10 Å². The second-order valence-electron chi connectivity index (χ2n) is 2.37. The van der Waals surface area contributed by atoms with Gasteiger partial charge in [-0.05, 0) is 7.05 Å². The van der Waals surface area contributed by atoms with Crippen LogP contribution in [0.15, 0.2) is 12.7 Å². The first-order valence-electron chi connectivity index (χ1n) is 3.48. The summed E-state index contributed by atoms with van der Waals surface area (Å²) in [6, 6.07) is 0. The highest BCUT2D eigenvalue weighted by molar-refractivity contribution is 4.65. The van der Waals surface area contributed by atoms with Gasteiger partial charge in [-0.15, -0.1) is 10.2 Å². The van der Waals surface area contributed by atoms with Crippen molar-refractivity contribution in [2.45, 2.75) is 12.6 Å². The zero-order valence-electron chi connectivity index (χ0n) is 6.44. The summed E-state index contributed by atoms with van der Waals surface area (Å²) in [5.74, 6) is 0. The summed E-state index contributed by atoms with van der Waals surface area (Å²) in [5.41, 5.74) is 0. The van der Waals surface area contributed by atoms with E-state index in [4.69, 9.17) is 0 Å². The number of hydrogen-bond acceptors (Lipinski definition) is 4. The van der Waals surface area contributed by atoms with Gasteiger partial charge in [0.25, 0.3) is 0 Å². The highest BCUT2D eigenvalue weighted by Crippen LogP contribution is 1.87. The van der Waals surface area contributed by atoms with Crippen molar-refractivity contribution < 1.29 is 5.11 Å². The summed E-state index contributed by atoms with van der Waals surface area (Å²) in [6.45, 7) is 1.12. The first-order valence-corrected chi connectivity index (χ1v) is 3.48. The van der Waals surface area contributed by atoms with Crippen LogP contribution in [0.3, 0.4) is 0 Å². The molecule has 1 rings (SSSR count). The van der Waals surface area contributed by atoms with E-state index in [0.717, 1.165) is 0 Å². The molecule has 0 fully saturated rings. The summed E-state index contributed by atoms with van der Waals surface area (Å²) in [5, 5.41) is 19.4.